The molecule has 0 aromatic heterocycles. The molecule has 4 heteroatoms. The third kappa shape index (κ3) is 5.85. The molecule has 4 nitrogen and oxygen atoms in total. The van der Waals surface area contributed by atoms with Crippen molar-refractivity contribution >= 4 is 5.91 Å². The fraction of sp³-hybridized carbons (Fsp3) is 0.533. The largest absolute Gasteiger partial charge is 0.394 e. The maximum absolute atomic E-state index is 11.5. The number of hydrogen-bond donors (Lipinski definition) is 2. The number of nitrogens with one attached hydrogen (secondary N) is 1. The van der Waals surface area contributed by atoms with Crippen molar-refractivity contribution in [1.29, 1.82) is 0 Å². The molecule has 0 saturated heterocycles. The molecule has 0 fully saturated rings. The molecule has 1 unspecified atom stereocenters. The molecule has 0 heterocycles. The Morgan fingerprint density at radius 1 is 1.37 bits per heavy atom. The molecule has 1 rings (SSSR count). The molecule has 0 aliphatic heterocycles. The molecule has 1 amide bonds. The van der Waals surface area contributed by atoms with Crippen molar-refractivity contribution in [3.63, 3.8) is 0 Å². The van der Waals surface area contributed by atoms with Gasteiger partial charge in [0.05, 0.1) is 19.3 Å². The van der Waals surface area contributed by atoms with Gasteiger partial charge in [-0.3, -0.25) is 4.79 Å². The number of aliphatic hydroxyl groups is 1. The number of benzene rings is 1. The molecule has 19 heavy (non-hydrogen) atoms. The van der Waals surface area contributed by atoms with Crippen molar-refractivity contribution < 1.29 is 14.6 Å². The predicted octanol–water partition coefficient (Wildman–Crippen LogP) is 1.96. The Hall–Kier alpha value is -1.39. The van der Waals surface area contributed by atoms with E-state index in [9.17, 15) is 4.79 Å². The first-order valence-corrected chi connectivity index (χ1v) is 6.73. The summed E-state index contributed by atoms with van der Waals surface area (Å²) < 4.78 is 5.58. The summed E-state index contributed by atoms with van der Waals surface area (Å²) in [6.45, 7) is 4.67. The van der Waals surface area contributed by atoms with Crippen LogP contribution in [0.15, 0.2) is 24.3 Å². The van der Waals surface area contributed by atoms with Crippen LogP contribution in [-0.2, 0) is 9.53 Å². The molecule has 0 aliphatic rings. The highest BCUT2D eigenvalue weighted by atomic mass is 16.5. The zero-order valence-electron chi connectivity index (χ0n) is 11.7. The fourth-order valence-corrected chi connectivity index (χ4v) is 1.77. The number of rotatable bonds is 8. The Labute approximate surface area is 114 Å². The summed E-state index contributed by atoms with van der Waals surface area (Å²) in [5.41, 5.74) is 2.19. The molecule has 0 spiro atoms. The minimum atomic E-state index is -0.214. The first-order valence-electron chi connectivity index (χ1n) is 6.73. The van der Waals surface area contributed by atoms with Gasteiger partial charge in [-0.15, -0.1) is 0 Å². The van der Waals surface area contributed by atoms with Crippen molar-refractivity contribution in [2.24, 2.45) is 0 Å². The van der Waals surface area contributed by atoms with Gasteiger partial charge in [0.25, 0.3) is 0 Å². The normalized spacial score (nSPS) is 12.2. The van der Waals surface area contributed by atoms with E-state index in [2.05, 4.69) is 5.32 Å². The van der Waals surface area contributed by atoms with Gasteiger partial charge in [-0.25, -0.2) is 0 Å². The second kappa shape index (κ2) is 8.67. The first-order chi connectivity index (χ1) is 9.17. The lowest BCUT2D eigenvalue weighted by molar-refractivity contribution is -0.121. The van der Waals surface area contributed by atoms with Crippen LogP contribution >= 0.6 is 0 Å². The summed E-state index contributed by atoms with van der Waals surface area (Å²) in [7, 11) is 0. The van der Waals surface area contributed by atoms with Crippen LogP contribution in [0.25, 0.3) is 0 Å². The van der Waals surface area contributed by atoms with Crippen LogP contribution in [0, 0.1) is 6.92 Å². The van der Waals surface area contributed by atoms with E-state index in [4.69, 9.17) is 9.84 Å². The summed E-state index contributed by atoms with van der Waals surface area (Å²) in [5, 5.41) is 11.7. The van der Waals surface area contributed by atoms with E-state index in [1.54, 1.807) is 0 Å². The van der Waals surface area contributed by atoms with Crippen molar-refractivity contribution in [3.8, 4) is 0 Å². The Bertz CT molecular complexity index is 375. The molecular formula is C15H23NO3. The van der Waals surface area contributed by atoms with Gasteiger partial charge in [-0.1, -0.05) is 36.8 Å². The lowest BCUT2D eigenvalue weighted by Gasteiger charge is -2.18. The maximum Gasteiger partial charge on any atom is 0.220 e. The van der Waals surface area contributed by atoms with Crippen molar-refractivity contribution in [2.75, 3.05) is 19.8 Å². The topological polar surface area (TPSA) is 58.6 Å². The molecule has 1 aromatic rings. The van der Waals surface area contributed by atoms with Gasteiger partial charge in [0.1, 0.15) is 0 Å². The molecule has 1 atom stereocenters. The van der Waals surface area contributed by atoms with Crippen LogP contribution in [0.5, 0.6) is 0 Å². The molecule has 0 aliphatic carbocycles. The van der Waals surface area contributed by atoms with Gasteiger partial charge in [0, 0.05) is 13.0 Å². The third-order valence-corrected chi connectivity index (χ3v) is 2.82. The fourth-order valence-electron chi connectivity index (χ4n) is 1.77. The first kappa shape index (κ1) is 15.7. The summed E-state index contributed by atoms with van der Waals surface area (Å²) in [6, 6.07) is 8.00. The summed E-state index contributed by atoms with van der Waals surface area (Å²) in [4.78, 5) is 11.5. The quantitative estimate of drug-likeness (QED) is 0.755. The zero-order chi connectivity index (χ0) is 14.1. The van der Waals surface area contributed by atoms with Crippen LogP contribution in [0.3, 0.4) is 0 Å². The van der Waals surface area contributed by atoms with E-state index in [1.165, 1.54) is 5.56 Å². The van der Waals surface area contributed by atoms with Crippen molar-refractivity contribution in [2.45, 2.75) is 32.8 Å². The highest BCUT2D eigenvalue weighted by molar-refractivity contribution is 5.75. The summed E-state index contributed by atoms with van der Waals surface area (Å²) >= 11 is 0. The zero-order valence-corrected chi connectivity index (χ0v) is 11.7. The molecule has 106 valence electrons. The number of ether oxygens (including phenoxy) is 1. The minimum absolute atomic E-state index is 0.0226. The summed E-state index contributed by atoms with van der Waals surface area (Å²) in [5.74, 6) is 0.0345. The molecular weight excluding hydrogens is 242 g/mol. The lowest BCUT2D eigenvalue weighted by Crippen LogP contribution is -2.29. The lowest BCUT2D eigenvalue weighted by atomic mass is 10.1. The average Bonchev–Trinajstić information content (AvgIpc) is 2.40. The monoisotopic (exact) mass is 265 g/mol. The third-order valence-electron chi connectivity index (χ3n) is 2.82. The average molecular weight is 265 g/mol. The van der Waals surface area contributed by atoms with E-state index in [0.29, 0.717) is 13.0 Å². The van der Waals surface area contributed by atoms with E-state index in [-0.39, 0.29) is 25.2 Å². The molecule has 2 N–H and O–H groups in total. The van der Waals surface area contributed by atoms with Crippen LogP contribution in [0.4, 0.5) is 0 Å². The number of aliphatic hydroxyl groups excluding tert-OH is 1. The van der Waals surface area contributed by atoms with E-state index >= 15 is 0 Å². The van der Waals surface area contributed by atoms with Crippen molar-refractivity contribution in [1.82, 2.24) is 5.32 Å². The SMILES string of the molecule is CCCC(=O)NCC(OCCO)c1ccc(C)cc1. The maximum atomic E-state index is 11.5. The van der Waals surface area contributed by atoms with Gasteiger partial charge in [0.15, 0.2) is 0 Å². The number of carbonyl (C=O) groups excluding carboxylic acids is 1. The Morgan fingerprint density at radius 3 is 2.63 bits per heavy atom. The van der Waals surface area contributed by atoms with Crippen molar-refractivity contribution in [3.05, 3.63) is 35.4 Å². The van der Waals surface area contributed by atoms with Gasteiger partial charge >= 0.3 is 0 Å². The van der Waals surface area contributed by atoms with Crippen LogP contribution in [0.1, 0.15) is 37.0 Å². The van der Waals surface area contributed by atoms with Crippen LogP contribution < -0.4 is 5.32 Å². The van der Waals surface area contributed by atoms with Gasteiger partial charge in [0.2, 0.25) is 5.91 Å². The molecule has 1 aromatic carbocycles. The van der Waals surface area contributed by atoms with Gasteiger partial charge in [-0.05, 0) is 18.9 Å². The number of amides is 1. The second-order valence-corrected chi connectivity index (χ2v) is 4.55. The number of carbonyl (C=O) groups is 1. The Balaban J connectivity index is 2.60. The summed E-state index contributed by atoms with van der Waals surface area (Å²) in [6.07, 6.45) is 1.15. The number of aryl methyl sites for hydroxylation is 1. The molecule has 0 bridgehead atoms. The van der Waals surface area contributed by atoms with Crippen LogP contribution in [-0.4, -0.2) is 30.8 Å². The van der Waals surface area contributed by atoms with E-state index in [0.717, 1.165) is 12.0 Å². The van der Waals surface area contributed by atoms with Gasteiger partial charge in [-0.2, -0.15) is 0 Å². The molecule has 0 radical (unpaired) electrons. The predicted molar refractivity (Wildman–Crippen MR) is 74.9 cm³/mol. The molecule has 0 saturated carbocycles. The Morgan fingerprint density at radius 2 is 2.05 bits per heavy atom. The van der Waals surface area contributed by atoms with E-state index < -0.39 is 0 Å². The minimum Gasteiger partial charge on any atom is -0.394 e. The smallest absolute Gasteiger partial charge is 0.220 e. The highest BCUT2D eigenvalue weighted by Gasteiger charge is 2.13. The Kier molecular flexibility index (Phi) is 7.15. The number of hydrogen-bond acceptors (Lipinski definition) is 3. The van der Waals surface area contributed by atoms with Gasteiger partial charge < -0.3 is 15.2 Å². The second-order valence-electron chi connectivity index (χ2n) is 4.55. The van der Waals surface area contributed by atoms with E-state index in [1.807, 2.05) is 38.1 Å². The standard InChI is InChI=1S/C15H23NO3/c1-3-4-15(18)16-11-14(19-10-9-17)13-7-5-12(2)6-8-13/h5-8,14,17H,3-4,9-11H2,1-2H3,(H,16,18). The highest BCUT2D eigenvalue weighted by Crippen LogP contribution is 2.17. The van der Waals surface area contributed by atoms with Crippen LogP contribution in [0.2, 0.25) is 0 Å².